The number of rotatable bonds is 6. The minimum absolute atomic E-state index is 0.0593. The maximum atomic E-state index is 13.1. The average Bonchev–Trinajstić information content (AvgIpc) is 3.35. The lowest BCUT2D eigenvalue weighted by Crippen LogP contribution is -2.57. The van der Waals surface area contributed by atoms with Gasteiger partial charge in [0.25, 0.3) is 0 Å². The van der Waals surface area contributed by atoms with Gasteiger partial charge in [-0.2, -0.15) is 0 Å². The van der Waals surface area contributed by atoms with E-state index in [0.29, 0.717) is 25.4 Å². The maximum absolute atomic E-state index is 13.1. The Balaban J connectivity index is 1.32. The Labute approximate surface area is 203 Å². The molecule has 1 aliphatic carbocycles. The third-order valence-electron chi connectivity index (χ3n) is 9.03. The van der Waals surface area contributed by atoms with Crippen LogP contribution >= 0.6 is 0 Å². The van der Waals surface area contributed by atoms with E-state index in [1.807, 2.05) is 18.2 Å². The van der Waals surface area contributed by atoms with Gasteiger partial charge in [-0.3, -0.25) is 9.59 Å². The monoisotopic (exact) mass is 469 g/mol. The van der Waals surface area contributed by atoms with Crippen molar-refractivity contribution in [3.05, 3.63) is 29.8 Å². The molecule has 1 spiro atoms. The minimum atomic E-state index is -0.802. The highest BCUT2D eigenvalue weighted by molar-refractivity contribution is 5.76. The lowest BCUT2D eigenvalue weighted by Gasteiger charge is -2.55. The smallest absolute Gasteiger partial charge is 0.303 e. The number of fused-ring (bicyclic) bond motifs is 3. The van der Waals surface area contributed by atoms with E-state index < -0.39 is 11.6 Å². The van der Waals surface area contributed by atoms with Crippen LogP contribution in [0.25, 0.3) is 0 Å². The molecule has 2 saturated heterocycles. The van der Waals surface area contributed by atoms with Gasteiger partial charge in [0, 0.05) is 42.8 Å². The lowest BCUT2D eigenvalue weighted by molar-refractivity contribution is -0.185. The van der Waals surface area contributed by atoms with Crippen molar-refractivity contribution in [2.24, 2.45) is 17.3 Å². The first kappa shape index (κ1) is 23.7. The molecule has 3 aliphatic heterocycles. The SMILES string of the molecule is C[C@]1(CCC(=O)O)Oc2ccccc2[C@H]2OC[C@@]3(CCCN(C(=O)CCC4CCCC4)C3)C[C@@H]21. The second-order valence-corrected chi connectivity index (χ2v) is 11.5. The van der Waals surface area contributed by atoms with Gasteiger partial charge < -0.3 is 19.5 Å². The number of ether oxygens (including phenoxy) is 2. The quantitative estimate of drug-likeness (QED) is 0.607. The Morgan fingerprint density at radius 1 is 1.15 bits per heavy atom. The molecule has 34 heavy (non-hydrogen) atoms. The van der Waals surface area contributed by atoms with E-state index in [-0.39, 0.29) is 23.9 Å². The number of nitrogens with zero attached hydrogens (tertiary/aromatic N) is 1. The molecule has 1 aromatic carbocycles. The minimum Gasteiger partial charge on any atom is -0.487 e. The largest absolute Gasteiger partial charge is 0.487 e. The van der Waals surface area contributed by atoms with E-state index in [9.17, 15) is 14.7 Å². The van der Waals surface area contributed by atoms with Crippen molar-refractivity contribution in [3.8, 4) is 5.75 Å². The molecule has 1 saturated carbocycles. The van der Waals surface area contributed by atoms with Crippen LogP contribution in [-0.4, -0.2) is 47.2 Å². The number of carboxylic acids is 1. The molecule has 3 fully saturated rings. The third kappa shape index (κ3) is 4.71. The molecule has 1 amide bonds. The highest BCUT2D eigenvalue weighted by Crippen LogP contribution is 2.56. The van der Waals surface area contributed by atoms with Crippen LogP contribution in [0.15, 0.2) is 24.3 Å². The van der Waals surface area contributed by atoms with E-state index in [1.165, 1.54) is 25.7 Å². The molecule has 0 bridgehead atoms. The van der Waals surface area contributed by atoms with E-state index in [1.54, 1.807) is 0 Å². The number of hydrogen-bond acceptors (Lipinski definition) is 4. The highest BCUT2D eigenvalue weighted by Gasteiger charge is 2.54. The first-order chi connectivity index (χ1) is 16.4. The van der Waals surface area contributed by atoms with Gasteiger partial charge in [0.05, 0.1) is 12.7 Å². The summed E-state index contributed by atoms with van der Waals surface area (Å²) in [5, 5.41) is 9.39. The molecular weight excluding hydrogens is 430 g/mol. The fourth-order valence-corrected chi connectivity index (χ4v) is 7.07. The molecule has 1 N–H and O–H groups in total. The van der Waals surface area contributed by atoms with Crippen molar-refractivity contribution in [1.82, 2.24) is 4.90 Å². The number of para-hydroxylation sites is 1. The molecule has 6 nitrogen and oxygen atoms in total. The number of benzene rings is 1. The summed E-state index contributed by atoms with van der Waals surface area (Å²) in [6, 6.07) is 8.00. The number of likely N-dealkylation sites (tertiary alicyclic amines) is 1. The van der Waals surface area contributed by atoms with Crippen LogP contribution in [-0.2, 0) is 14.3 Å². The summed E-state index contributed by atoms with van der Waals surface area (Å²) in [5.41, 5.74) is 0.373. The molecule has 0 unspecified atom stereocenters. The Kier molecular flexibility index (Phi) is 6.62. The Hall–Kier alpha value is -2.08. The molecule has 0 aromatic heterocycles. The normalized spacial score (nSPS) is 33.3. The molecule has 186 valence electrons. The van der Waals surface area contributed by atoms with E-state index in [2.05, 4.69) is 17.9 Å². The number of carbonyl (C=O) groups is 2. The fraction of sp³-hybridized carbons (Fsp3) is 0.714. The summed E-state index contributed by atoms with van der Waals surface area (Å²) < 4.78 is 13.1. The van der Waals surface area contributed by atoms with Gasteiger partial charge in [-0.25, -0.2) is 0 Å². The topological polar surface area (TPSA) is 76.1 Å². The van der Waals surface area contributed by atoms with Crippen molar-refractivity contribution in [1.29, 1.82) is 0 Å². The summed E-state index contributed by atoms with van der Waals surface area (Å²) >= 11 is 0. The van der Waals surface area contributed by atoms with Crippen LogP contribution in [0.1, 0.15) is 89.2 Å². The molecular formula is C28H39NO5. The van der Waals surface area contributed by atoms with Crippen molar-refractivity contribution >= 4 is 11.9 Å². The van der Waals surface area contributed by atoms with Gasteiger partial charge in [0.1, 0.15) is 11.4 Å². The molecule has 3 heterocycles. The molecule has 4 atom stereocenters. The molecule has 0 radical (unpaired) electrons. The second kappa shape index (κ2) is 9.52. The van der Waals surface area contributed by atoms with Crippen LogP contribution in [0.2, 0.25) is 0 Å². The third-order valence-corrected chi connectivity index (χ3v) is 9.03. The standard InChI is InChI=1S/C28H39NO5/c1-27(15-13-25(31)32)22-17-28(19-33-26(22)21-9-4-5-10-23(21)34-27)14-6-16-29(18-28)24(30)12-11-20-7-2-3-8-20/h4-5,9-10,20,22,26H,2-3,6-8,11-19H2,1H3,(H,31,32)/t22-,26+,27+,28-/m0/s1. The van der Waals surface area contributed by atoms with Gasteiger partial charge >= 0.3 is 5.97 Å². The number of aliphatic carboxylic acids is 1. The zero-order valence-electron chi connectivity index (χ0n) is 20.5. The van der Waals surface area contributed by atoms with Crippen molar-refractivity contribution in [2.45, 2.75) is 89.3 Å². The molecule has 1 aromatic rings. The summed E-state index contributed by atoms with van der Waals surface area (Å²) in [6.45, 7) is 4.29. The van der Waals surface area contributed by atoms with Crippen LogP contribution in [0.4, 0.5) is 0 Å². The maximum Gasteiger partial charge on any atom is 0.303 e. The van der Waals surface area contributed by atoms with Crippen molar-refractivity contribution in [3.63, 3.8) is 0 Å². The summed E-state index contributed by atoms with van der Waals surface area (Å²) in [6.07, 6.45) is 10.3. The van der Waals surface area contributed by atoms with Gasteiger partial charge in [-0.15, -0.1) is 0 Å². The number of amides is 1. The van der Waals surface area contributed by atoms with E-state index >= 15 is 0 Å². The van der Waals surface area contributed by atoms with Gasteiger partial charge in [-0.1, -0.05) is 43.9 Å². The van der Waals surface area contributed by atoms with Gasteiger partial charge in [-0.05, 0) is 51.0 Å². The van der Waals surface area contributed by atoms with Crippen LogP contribution < -0.4 is 4.74 Å². The summed E-state index contributed by atoms with van der Waals surface area (Å²) in [4.78, 5) is 26.6. The number of carboxylic acid groups (broad SMARTS) is 1. The highest BCUT2D eigenvalue weighted by atomic mass is 16.5. The van der Waals surface area contributed by atoms with Crippen LogP contribution in [0.3, 0.4) is 0 Å². The molecule has 4 aliphatic rings. The van der Waals surface area contributed by atoms with E-state index in [4.69, 9.17) is 9.47 Å². The summed E-state index contributed by atoms with van der Waals surface area (Å²) in [7, 11) is 0. The second-order valence-electron chi connectivity index (χ2n) is 11.5. The first-order valence-corrected chi connectivity index (χ1v) is 13.3. The molecule has 6 heteroatoms. The Morgan fingerprint density at radius 3 is 2.74 bits per heavy atom. The van der Waals surface area contributed by atoms with Crippen LogP contribution in [0.5, 0.6) is 5.75 Å². The molecule has 5 rings (SSSR count). The fourth-order valence-electron chi connectivity index (χ4n) is 7.07. The number of piperidine rings is 1. The van der Waals surface area contributed by atoms with Crippen LogP contribution in [0, 0.1) is 17.3 Å². The predicted molar refractivity (Wildman–Crippen MR) is 129 cm³/mol. The van der Waals surface area contributed by atoms with Gasteiger partial charge in [0.15, 0.2) is 0 Å². The summed E-state index contributed by atoms with van der Waals surface area (Å²) in [5.74, 6) is 1.09. The number of hydrogen-bond donors (Lipinski definition) is 1. The zero-order valence-corrected chi connectivity index (χ0v) is 20.5. The predicted octanol–water partition coefficient (Wildman–Crippen LogP) is 5.36. The average molecular weight is 470 g/mol. The lowest BCUT2D eigenvalue weighted by atomic mass is 9.64. The van der Waals surface area contributed by atoms with E-state index in [0.717, 1.165) is 56.0 Å². The van der Waals surface area contributed by atoms with Crippen molar-refractivity contribution in [2.75, 3.05) is 19.7 Å². The zero-order chi connectivity index (χ0) is 23.8. The Morgan fingerprint density at radius 2 is 1.94 bits per heavy atom. The van der Waals surface area contributed by atoms with Crippen molar-refractivity contribution < 1.29 is 24.2 Å². The Bertz CT molecular complexity index is 912. The van der Waals surface area contributed by atoms with Gasteiger partial charge in [0.2, 0.25) is 5.91 Å². The first-order valence-electron chi connectivity index (χ1n) is 13.3. The number of carbonyl (C=O) groups excluding carboxylic acids is 1.